The second kappa shape index (κ2) is 10.2. The predicted molar refractivity (Wildman–Crippen MR) is 58.4 cm³/mol. The minimum absolute atomic E-state index is 1.03. The highest BCUT2D eigenvalue weighted by atomic mass is 14.8. The molecular formula is C11H21N. The Kier molecular flexibility index (Phi) is 11.7. The maximum absolute atomic E-state index is 3.75. The monoisotopic (exact) mass is 167 g/mol. The SMILES string of the molecule is C=C.C=CC(CCNC)=C(C)C. The molecule has 12 heavy (non-hydrogen) atoms. The van der Waals surface area contributed by atoms with Gasteiger partial charge in [-0.05, 0) is 39.4 Å². The van der Waals surface area contributed by atoms with Crippen LogP contribution in [0.5, 0.6) is 0 Å². The van der Waals surface area contributed by atoms with Crippen molar-refractivity contribution in [1.82, 2.24) is 5.32 Å². The summed E-state index contributed by atoms with van der Waals surface area (Å²) in [6.07, 6.45) is 3.02. The summed E-state index contributed by atoms with van der Waals surface area (Å²) in [5, 5.41) is 3.11. The summed E-state index contributed by atoms with van der Waals surface area (Å²) in [6, 6.07) is 0. The van der Waals surface area contributed by atoms with E-state index in [1.165, 1.54) is 11.1 Å². The lowest BCUT2D eigenvalue weighted by Gasteiger charge is -2.02. The van der Waals surface area contributed by atoms with E-state index in [0.717, 1.165) is 13.0 Å². The van der Waals surface area contributed by atoms with Crippen LogP contribution in [0.15, 0.2) is 37.0 Å². The third-order valence-corrected chi connectivity index (χ3v) is 1.53. The Balaban J connectivity index is 0. The van der Waals surface area contributed by atoms with Gasteiger partial charge in [-0.3, -0.25) is 0 Å². The van der Waals surface area contributed by atoms with Crippen molar-refractivity contribution < 1.29 is 0 Å². The number of hydrogen-bond donors (Lipinski definition) is 1. The quantitative estimate of drug-likeness (QED) is 0.501. The van der Waals surface area contributed by atoms with Gasteiger partial charge in [0.1, 0.15) is 0 Å². The van der Waals surface area contributed by atoms with Crippen molar-refractivity contribution in [2.45, 2.75) is 20.3 Å². The van der Waals surface area contributed by atoms with Crippen LogP contribution in [0.1, 0.15) is 20.3 Å². The van der Waals surface area contributed by atoms with Crippen molar-refractivity contribution in [3.8, 4) is 0 Å². The van der Waals surface area contributed by atoms with Crippen molar-refractivity contribution in [3.05, 3.63) is 37.0 Å². The molecule has 0 rings (SSSR count). The lowest BCUT2D eigenvalue weighted by molar-refractivity contribution is 0.789. The smallest absolute Gasteiger partial charge is 0.00114 e. The Hall–Kier alpha value is -0.820. The van der Waals surface area contributed by atoms with Gasteiger partial charge in [-0.15, -0.1) is 13.2 Å². The Morgan fingerprint density at radius 2 is 1.83 bits per heavy atom. The molecule has 0 heterocycles. The van der Waals surface area contributed by atoms with E-state index in [2.05, 4.69) is 38.9 Å². The zero-order valence-electron chi connectivity index (χ0n) is 8.61. The molecule has 1 heteroatoms. The Morgan fingerprint density at radius 3 is 2.08 bits per heavy atom. The standard InChI is InChI=1S/C9H17N.C2H4/c1-5-9(8(2)3)6-7-10-4;1-2/h5,10H,1,6-7H2,2-4H3;1-2H2. The fraction of sp³-hybridized carbons (Fsp3) is 0.455. The third kappa shape index (κ3) is 7.29. The van der Waals surface area contributed by atoms with E-state index in [1.807, 2.05) is 13.1 Å². The van der Waals surface area contributed by atoms with Crippen LogP contribution in [-0.2, 0) is 0 Å². The van der Waals surface area contributed by atoms with Gasteiger partial charge in [-0.1, -0.05) is 18.2 Å². The van der Waals surface area contributed by atoms with Gasteiger partial charge in [0.05, 0.1) is 0 Å². The van der Waals surface area contributed by atoms with Crippen LogP contribution < -0.4 is 5.32 Å². The Labute approximate surface area is 76.9 Å². The Morgan fingerprint density at radius 1 is 1.33 bits per heavy atom. The van der Waals surface area contributed by atoms with Gasteiger partial charge in [-0.2, -0.15) is 0 Å². The van der Waals surface area contributed by atoms with Gasteiger partial charge in [0.15, 0.2) is 0 Å². The topological polar surface area (TPSA) is 12.0 Å². The molecule has 0 saturated heterocycles. The Bertz CT molecular complexity index is 141. The molecule has 0 unspecified atom stereocenters. The average molecular weight is 167 g/mol. The molecule has 0 spiro atoms. The second-order valence-electron chi connectivity index (χ2n) is 2.58. The molecule has 1 N–H and O–H groups in total. The highest BCUT2D eigenvalue weighted by molar-refractivity contribution is 5.21. The summed E-state index contributed by atoms with van der Waals surface area (Å²) < 4.78 is 0. The van der Waals surface area contributed by atoms with Gasteiger partial charge in [0.25, 0.3) is 0 Å². The van der Waals surface area contributed by atoms with Crippen LogP contribution in [0.3, 0.4) is 0 Å². The lowest BCUT2D eigenvalue weighted by atomic mass is 10.1. The summed E-state index contributed by atoms with van der Waals surface area (Å²) >= 11 is 0. The number of rotatable bonds is 4. The van der Waals surface area contributed by atoms with Crippen molar-refractivity contribution in [3.63, 3.8) is 0 Å². The molecule has 0 saturated carbocycles. The summed E-state index contributed by atoms with van der Waals surface area (Å²) in [7, 11) is 1.96. The summed E-state index contributed by atoms with van der Waals surface area (Å²) in [6.45, 7) is 15.0. The van der Waals surface area contributed by atoms with Gasteiger partial charge in [0.2, 0.25) is 0 Å². The minimum atomic E-state index is 1.03. The predicted octanol–water partition coefficient (Wildman–Crippen LogP) is 2.92. The van der Waals surface area contributed by atoms with E-state index in [4.69, 9.17) is 0 Å². The normalized spacial score (nSPS) is 7.92. The van der Waals surface area contributed by atoms with E-state index in [-0.39, 0.29) is 0 Å². The van der Waals surface area contributed by atoms with E-state index < -0.39 is 0 Å². The van der Waals surface area contributed by atoms with Crippen LogP contribution >= 0.6 is 0 Å². The number of hydrogen-bond acceptors (Lipinski definition) is 1. The van der Waals surface area contributed by atoms with Crippen LogP contribution in [0, 0.1) is 0 Å². The van der Waals surface area contributed by atoms with E-state index in [0.29, 0.717) is 0 Å². The molecule has 0 aromatic rings. The zero-order chi connectivity index (χ0) is 9.98. The fourth-order valence-electron chi connectivity index (χ4n) is 0.816. The molecule has 0 aromatic carbocycles. The second-order valence-corrected chi connectivity index (χ2v) is 2.58. The largest absolute Gasteiger partial charge is 0.319 e. The molecule has 1 nitrogen and oxygen atoms in total. The molecule has 0 atom stereocenters. The van der Waals surface area contributed by atoms with Gasteiger partial charge >= 0.3 is 0 Å². The van der Waals surface area contributed by atoms with Crippen molar-refractivity contribution in [2.24, 2.45) is 0 Å². The van der Waals surface area contributed by atoms with Gasteiger partial charge in [-0.25, -0.2) is 0 Å². The highest BCUT2D eigenvalue weighted by Gasteiger charge is 1.91. The number of nitrogens with one attached hydrogen (secondary N) is 1. The van der Waals surface area contributed by atoms with Crippen molar-refractivity contribution in [2.75, 3.05) is 13.6 Å². The first-order valence-corrected chi connectivity index (χ1v) is 4.15. The molecule has 0 aliphatic heterocycles. The minimum Gasteiger partial charge on any atom is -0.319 e. The molecule has 0 amide bonds. The third-order valence-electron chi connectivity index (χ3n) is 1.53. The van der Waals surface area contributed by atoms with Crippen molar-refractivity contribution in [1.29, 1.82) is 0 Å². The molecule has 0 fully saturated rings. The maximum Gasteiger partial charge on any atom is -0.00114 e. The van der Waals surface area contributed by atoms with Crippen LogP contribution in [0.2, 0.25) is 0 Å². The first-order valence-electron chi connectivity index (χ1n) is 4.15. The van der Waals surface area contributed by atoms with Crippen molar-refractivity contribution >= 4 is 0 Å². The lowest BCUT2D eigenvalue weighted by Crippen LogP contribution is -2.08. The number of allylic oxidation sites excluding steroid dienone is 2. The van der Waals surface area contributed by atoms with Crippen LogP contribution in [0.4, 0.5) is 0 Å². The molecule has 0 aliphatic carbocycles. The highest BCUT2D eigenvalue weighted by Crippen LogP contribution is 2.07. The molecule has 0 aliphatic rings. The maximum atomic E-state index is 3.75. The van der Waals surface area contributed by atoms with Gasteiger partial charge < -0.3 is 5.32 Å². The van der Waals surface area contributed by atoms with E-state index in [9.17, 15) is 0 Å². The van der Waals surface area contributed by atoms with Crippen LogP contribution in [-0.4, -0.2) is 13.6 Å². The molecule has 0 radical (unpaired) electrons. The molecule has 70 valence electrons. The summed E-state index contributed by atoms with van der Waals surface area (Å²) in [5.74, 6) is 0. The van der Waals surface area contributed by atoms with E-state index in [1.54, 1.807) is 0 Å². The summed E-state index contributed by atoms with van der Waals surface area (Å²) in [4.78, 5) is 0. The van der Waals surface area contributed by atoms with Gasteiger partial charge in [0, 0.05) is 0 Å². The first kappa shape index (κ1) is 13.7. The first-order chi connectivity index (χ1) is 5.72. The van der Waals surface area contributed by atoms with E-state index >= 15 is 0 Å². The van der Waals surface area contributed by atoms with Crippen LogP contribution in [0.25, 0.3) is 0 Å². The average Bonchev–Trinajstić information content (AvgIpc) is 2.09. The molecule has 0 aromatic heterocycles. The molecule has 0 bridgehead atoms. The zero-order valence-corrected chi connectivity index (χ0v) is 8.61. The molecular weight excluding hydrogens is 146 g/mol. The fourth-order valence-corrected chi connectivity index (χ4v) is 0.816. The summed E-state index contributed by atoms with van der Waals surface area (Å²) in [5.41, 5.74) is 2.72.